The van der Waals surface area contributed by atoms with Gasteiger partial charge in [0, 0.05) is 18.1 Å². The Kier molecular flexibility index (Phi) is 4.81. The third kappa shape index (κ3) is 3.58. The highest BCUT2D eigenvalue weighted by atomic mass is 16.5. The van der Waals surface area contributed by atoms with Crippen LogP contribution >= 0.6 is 0 Å². The predicted molar refractivity (Wildman–Crippen MR) is 86.6 cm³/mol. The minimum absolute atomic E-state index is 0.285. The van der Waals surface area contributed by atoms with Crippen LogP contribution < -0.4 is 15.8 Å². The summed E-state index contributed by atoms with van der Waals surface area (Å²) >= 11 is 0. The van der Waals surface area contributed by atoms with Crippen LogP contribution in [0.5, 0.6) is 5.75 Å². The van der Waals surface area contributed by atoms with Crippen LogP contribution in [0.15, 0.2) is 24.3 Å². The van der Waals surface area contributed by atoms with E-state index in [9.17, 15) is 0 Å². The predicted octanol–water partition coefficient (Wildman–Crippen LogP) is 3.15. The molecule has 21 heavy (non-hydrogen) atoms. The molecule has 0 amide bonds. The molecule has 3 rings (SSSR count). The van der Waals surface area contributed by atoms with Crippen LogP contribution in [0.2, 0.25) is 0 Å². The standard InChI is InChI=1S/C18H28N2O/c1-13-7-2-4-11-17(13)21-18-12-5-3-9-16(18)20-15-10-6-8-14(15)19/h2,4,7,11,14-16,18,20H,3,5-6,8-10,12,19H2,1H3/t14-,15+,16+,18-/m1/s1. The molecule has 2 saturated carbocycles. The van der Waals surface area contributed by atoms with Crippen LogP contribution in [0.25, 0.3) is 0 Å². The van der Waals surface area contributed by atoms with E-state index >= 15 is 0 Å². The van der Waals surface area contributed by atoms with Gasteiger partial charge in [0.1, 0.15) is 11.9 Å². The van der Waals surface area contributed by atoms with Crippen molar-refractivity contribution in [2.75, 3.05) is 0 Å². The highest BCUT2D eigenvalue weighted by molar-refractivity contribution is 5.32. The fourth-order valence-electron chi connectivity index (χ4n) is 3.75. The number of rotatable bonds is 4. The van der Waals surface area contributed by atoms with Crippen LogP contribution in [0.1, 0.15) is 50.5 Å². The lowest BCUT2D eigenvalue weighted by Gasteiger charge is -2.35. The molecule has 4 atom stereocenters. The molecule has 0 radical (unpaired) electrons. The number of benzene rings is 1. The van der Waals surface area contributed by atoms with Crippen LogP contribution in [0, 0.1) is 6.92 Å². The molecule has 2 fully saturated rings. The van der Waals surface area contributed by atoms with E-state index in [0.717, 1.165) is 18.6 Å². The molecule has 0 spiro atoms. The molecule has 3 N–H and O–H groups in total. The highest BCUT2D eigenvalue weighted by Gasteiger charge is 2.32. The van der Waals surface area contributed by atoms with E-state index in [4.69, 9.17) is 10.5 Å². The number of hydrogen-bond donors (Lipinski definition) is 2. The molecule has 1 aromatic rings. The van der Waals surface area contributed by atoms with Crippen molar-refractivity contribution >= 4 is 0 Å². The molecule has 0 aliphatic heterocycles. The summed E-state index contributed by atoms with van der Waals surface area (Å²) in [6.07, 6.45) is 8.84. The molecule has 3 heteroatoms. The van der Waals surface area contributed by atoms with E-state index in [1.54, 1.807) is 0 Å². The third-order valence-corrected chi connectivity index (χ3v) is 5.07. The number of ether oxygens (including phenoxy) is 1. The maximum atomic E-state index is 6.34. The summed E-state index contributed by atoms with van der Waals surface area (Å²) in [5, 5.41) is 3.81. The lowest BCUT2D eigenvalue weighted by Crippen LogP contribution is -2.53. The molecule has 2 aliphatic rings. The van der Waals surface area contributed by atoms with Gasteiger partial charge in [-0.25, -0.2) is 0 Å². The van der Waals surface area contributed by atoms with Gasteiger partial charge in [-0.2, -0.15) is 0 Å². The summed E-state index contributed by atoms with van der Waals surface area (Å²) in [5.41, 5.74) is 7.44. The Morgan fingerprint density at radius 2 is 1.76 bits per heavy atom. The third-order valence-electron chi connectivity index (χ3n) is 5.07. The van der Waals surface area contributed by atoms with Crippen LogP contribution in [0.3, 0.4) is 0 Å². The Labute approximate surface area is 128 Å². The van der Waals surface area contributed by atoms with Crippen LogP contribution in [-0.4, -0.2) is 24.2 Å². The molecule has 0 aromatic heterocycles. The topological polar surface area (TPSA) is 47.3 Å². The van der Waals surface area contributed by atoms with Crippen molar-refractivity contribution in [3.63, 3.8) is 0 Å². The lowest BCUT2D eigenvalue weighted by atomic mass is 9.91. The number of nitrogens with one attached hydrogen (secondary N) is 1. The van der Waals surface area contributed by atoms with Crippen molar-refractivity contribution < 1.29 is 4.74 Å². The summed E-state index contributed by atoms with van der Waals surface area (Å²) in [6.45, 7) is 2.12. The van der Waals surface area contributed by atoms with Gasteiger partial charge in [0.05, 0.1) is 0 Å². The van der Waals surface area contributed by atoms with E-state index in [1.165, 1.54) is 37.7 Å². The second kappa shape index (κ2) is 6.80. The smallest absolute Gasteiger partial charge is 0.122 e. The second-order valence-electron chi connectivity index (χ2n) is 6.68. The van der Waals surface area contributed by atoms with Gasteiger partial charge in [-0.15, -0.1) is 0 Å². The van der Waals surface area contributed by atoms with E-state index in [2.05, 4.69) is 36.5 Å². The van der Waals surface area contributed by atoms with Crippen LogP contribution in [0.4, 0.5) is 0 Å². The zero-order chi connectivity index (χ0) is 14.7. The van der Waals surface area contributed by atoms with E-state index in [0.29, 0.717) is 18.1 Å². The Bertz CT molecular complexity index is 462. The van der Waals surface area contributed by atoms with E-state index in [1.807, 2.05) is 0 Å². The van der Waals surface area contributed by atoms with E-state index < -0.39 is 0 Å². The zero-order valence-corrected chi connectivity index (χ0v) is 13.1. The molecule has 0 bridgehead atoms. The SMILES string of the molecule is Cc1ccccc1O[C@@H]1CCCC[C@@H]1N[C@H]1CCC[C@H]1N. The first-order chi connectivity index (χ1) is 10.2. The average Bonchev–Trinajstić information content (AvgIpc) is 2.89. The maximum Gasteiger partial charge on any atom is 0.122 e. The fourth-order valence-corrected chi connectivity index (χ4v) is 3.75. The molecule has 0 saturated heterocycles. The molecule has 0 heterocycles. The average molecular weight is 288 g/mol. The first-order valence-corrected chi connectivity index (χ1v) is 8.48. The Morgan fingerprint density at radius 1 is 1.00 bits per heavy atom. The molecule has 3 nitrogen and oxygen atoms in total. The van der Waals surface area contributed by atoms with Crippen molar-refractivity contribution in [1.29, 1.82) is 0 Å². The number of hydrogen-bond acceptors (Lipinski definition) is 3. The Morgan fingerprint density at radius 3 is 2.52 bits per heavy atom. The first-order valence-electron chi connectivity index (χ1n) is 8.48. The van der Waals surface area contributed by atoms with E-state index in [-0.39, 0.29) is 6.10 Å². The van der Waals surface area contributed by atoms with Gasteiger partial charge in [0.25, 0.3) is 0 Å². The van der Waals surface area contributed by atoms with Gasteiger partial charge < -0.3 is 15.8 Å². The molecule has 1 aromatic carbocycles. The summed E-state index contributed by atoms with van der Waals surface area (Å²) < 4.78 is 6.34. The van der Waals surface area contributed by atoms with Gasteiger partial charge >= 0.3 is 0 Å². The Hall–Kier alpha value is -1.06. The van der Waals surface area contributed by atoms with Crippen molar-refractivity contribution in [1.82, 2.24) is 5.32 Å². The molecular weight excluding hydrogens is 260 g/mol. The molecular formula is C18H28N2O. The van der Waals surface area contributed by atoms with Crippen molar-refractivity contribution in [3.05, 3.63) is 29.8 Å². The largest absolute Gasteiger partial charge is 0.489 e. The monoisotopic (exact) mass is 288 g/mol. The maximum absolute atomic E-state index is 6.34. The normalized spacial score (nSPS) is 33.0. The zero-order valence-electron chi connectivity index (χ0n) is 13.1. The summed E-state index contributed by atoms with van der Waals surface area (Å²) in [5.74, 6) is 1.03. The van der Waals surface area contributed by atoms with Crippen molar-refractivity contribution in [2.45, 2.75) is 76.1 Å². The van der Waals surface area contributed by atoms with Gasteiger partial charge in [0.2, 0.25) is 0 Å². The number of para-hydroxylation sites is 1. The van der Waals surface area contributed by atoms with Gasteiger partial charge in [-0.05, 0) is 50.7 Å². The molecule has 0 unspecified atom stereocenters. The van der Waals surface area contributed by atoms with Gasteiger partial charge in [-0.3, -0.25) is 0 Å². The number of aryl methyl sites for hydroxylation is 1. The summed E-state index contributed by atoms with van der Waals surface area (Å²) in [4.78, 5) is 0. The van der Waals surface area contributed by atoms with Gasteiger partial charge in [-0.1, -0.05) is 31.0 Å². The molecule has 116 valence electrons. The highest BCUT2D eigenvalue weighted by Crippen LogP contribution is 2.28. The van der Waals surface area contributed by atoms with Crippen LogP contribution in [-0.2, 0) is 0 Å². The summed E-state index contributed by atoms with van der Waals surface area (Å²) in [6, 6.07) is 9.58. The fraction of sp³-hybridized carbons (Fsp3) is 0.667. The van der Waals surface area contributed by atoms with Gasteiger partial charge in [0.15, 0.2) is 0 Å². The van der Waals surface area contributed by atoms with Crippen molar-refractivity contribution in [2.24, 2.45) is 5.73 Å². The quantitative estimate of drug-likeness (QED) is 0.894. The minimum atomic E-state index is 0.285. The minimum Gasteiger partial charge on any atom is -0.489 e. The summed E-state index contributed by atoms with van der Waals surface area (Å²) in [7, 11) is 0. The number of nitrogens with two attached hydrogens (primary N) is 1. The Balaban J connectivity index is 1.65. The lowest BCUT2D eigenvalue weighted by molar-refractivity contribution is 0.105. The second-order valence-corrected chi connectivity index (χ2v) is 6.68. The van der Waals surface area contributed by atoms with Crippen molar-refractivity contribution in [3.8, 4) is 5.75 Å². The molecule has 2 aliphatic carbocycles. The first kappa shape index (κ1) is 14.9.